The molecule has 0 aliphatic rings. The van der Waals surface area contributed by atoms with E-state index in [1.54, 1.807) is 0 Å². The Hall–Kier alpha value is -2.24. The van der Waals surface area contributed by atoms with Gasteiger partial charge in [0.25, 0.3) is 0 Å². The third kappa shape index (κ3) is 7.04. The molecule has 3 N–H and O–H groups in total. The molecule has 0 aliphatic carbocycles. The molecule has 128 valence electrons. The van der Waals surface area contributed by atoms with E-state index in [9.17, 15) is 9.59 Å². The highest BCUT2D eigenvalue weighted by molar-refractivity contribution is 5.73. The highest BCUT2D eigenvalue weighted by Gasteiger charge is 2.07. The first-order valence-corrected chi connectivity index (χ1v) is 7.85. The molecule has 1 rings (SSSR count). The molecule has 0 bridgehead atoms. The Morgan fingerprint density at radius 1 is 1.04 bits per heavy atom. The predicted molar refractivity (Wildman–Crippen MR) is 88.8 cm³/mol. The van der Waals surface area contributed by atoms with Crippen molar-refractivity contribution in [1.29, 1.82) is 0 Å². The number of hydrogen-bond acceptors (Lipinski definition) is 3. The van der Waals surface area contributed by atoms with Crippen LogP contribution in [0.4, 0.5) is 4.79 Å². The maximum atomic E-state index is 11.6. The van der Waals surface area contributed by atoms with E-state index >= 15 is 0 Å². The van der Waals surface area contributed by atoms with Gasteiger partial charge in [-0.15, -0.1) is 0 Å². The van der Waals surface area contributed by atoms with Gasteiger partial charge in [-0.3, -0.25) is 4.79 Å². The average molecular weight is 322 g/mol. The fourth-order valence-electron chi connectivity index (χ4n) is 2.16. The quantitative estimate of drug-likeness (QED) is 0.482. The largest absolute Gasteiger partial charge is 0.481 e. The molecule has 2 amide bonds. The summed E-state index contributed by atoms with van der Waals surface area (Å²) in [6, 6.07) is 3.75. The van der Waals surface area contributed by atoms with Gasteiger partial charge in [-0.1, -0.05) is 18.6 Å². The zero-order valence-electron chi connectivity index (χ0n) is 14.1. The first-order chi connectivity index (χ1) is 10.9. The average Bonchev–Trinajstić information content (AvgIpc) is 2.50. The van der Waals surface area contributed by atoms with Gasteiger partial charge in [0.2, 0.25) is 0 Å². The second-order valence-corrected chi connectivity index (χ2v) is 5.58. The van der Waals surface area contributed by atoms with Crippen LogP contribution >= 0.6 is 0 Å². The summed E-state index contributed by atoms with van der Waals surface area (Å²) < 4.78 is 5.65. The Labute approximate surface area is 137 Å². The minimum atomic E-state index is -0.783. The van der Waals surface area contributed by atoms with E-state index in [-0.39, 0.29) is 19.2 Å². The van der Waals surface area contributed by atoms with E-state index in [0.717, 1.165) is 35.3 Å². The molecule has 0 saturated carbocycles. The van der Waals surface area contributed by atoms with Gasteiger partial charge >= 0.3 is 12.0 Å². The fourth-order valence-corrected chi connectivity index (χ4v) is 2.16. The topological polar surface area (TPSA) is 87.7 Å². The molecule has 0 saturated heterocycles. The molecule has 23 heavy (non-hydrogen) atoms. The zero-order chi connectivity index (χ0) is 17.2. The number of hydrogen-bond donors (Lipinski definition) is 3. The van der Waals surface area contributed by atoms with E-state index in [1.165, 1.54) is 0 Å². The third-order valence-corrected chi connectivity index (χ3v) is 3.68. The number of carbonyl (C=O) groups is 2. The molecule has 0 heterocycles. The van der Waals surface area contributed by atoms with E-state index in [2.05, 4.69) is 10.6 Å². The molecule has 0 fully saturated rings. The number of ether oxygens (including phenoxy) is 1. The number of nitrogens with one attached hydrogen (secondary N) is 2. The Kier molecular flexibility index (Phi) is 7.94. The number of carboxylic acid groups (broad SMARTS) is 1. The van der Waals surface area contributed by atoms with Crippen LogP contribution in [0.5, 0.6) is 5.75 Å². The number of carbonyl (C=O) groups excluding carboxylic acids is 1. The van der Waals surface area contributed by atoms with Crippen LogP contribution in [0.15, 0.2) is 12.1 Å². The van der Waals surface area contributed by atoms with E-state index in [4.69, 9.17) is 9.84 Å². The van der Waals surface area contributed by atoms with Crippen LogP contribution in [-0.2, 0) is 4.79 Å². The molecule has 1 aromatic carbocycles. The highest BCUT2D eigenvalue weighted by atomic mass is 16.5. The molecule has 6 nitrogen and oxygen atoms in total. The van der Waals surface area contributed by atoms with Crippen LogP contribution in [0.3, 0.4) is 0 Å². The number of amides is 2. The smallest absolute Gasteiger partial charge is 0.317 e. The molecular weight excluding hydrogens is 296 g/mol. The monoisotopic (exact) mass is 322 g/mol. The standard InChI is InChI=1S/C17H26N2O4/c1-12-8-9-13(2)16(14(12)3)23-11-19-17(22)18-10-6-4-5-7-15(20)21/h8-9H,4-7,10-11H2,1-3H3,(H,20,21)(H2,18,19,22). The van der Waals surface area contributed by atoms with Crippen LogP contribution in [0, 0.1) is 20.8 Å². The molecule has 0 aliphatic heterocycles. The summed E-state index contributed by atoms with van der Waals surface area (Å²) >= 11 is 0. The number of aliphatic carboxylic acids is 1. The minimum absolute atomic E-state index is 0.107. The normalized spacial score (nSPS) is 10.2. The lowest BCUT2D eigenvalue weighted by molar-refractivity contribution is -0.137. The van der Waals surface area contributed by atoms with Gasteiger partial charge in [0, 0.05) is 13.0 Å². The van der Waals surface area contributed by atoms with E-state index < -0.39 is 5.97 Å². The van der Waals surface area contributed by atoms with Crippen molar-refractivity contribution < 1.29 is 19.4 Å². The number of aryl methyl sites for hydroxylation is 2. The van der Waals surface area contributed by atoms with Gasteiger partial charge < -0.3 is 20.5 Å². The summed E-state index contributed by atoms with van der Waals surface area (Å²) in [5.74, 6) is 0.0218. The summed E-state index contributed by atoms with van der Waals surface area (Å²) in [5, 5.41) is 13.9. The molecule has 0 spiro atoms. The Bertz CT molecular complexity index is 544. The predicted octanol–water partition coefficient (Wildman–Crippen LogP) is 2.89. The molecule has 0 radical (unpaired) electrons. The lowest BCUT2D eigenvalue weighted by Crippen LogP contribution is -2.38. The van der Waals surface area contributed by atoms with Crippen molar-refractivity contribution in [1.82, 2.24) is 10.6 Å². The number of urea groups is 1. The number of benzene rings is 1. The number of unbranched alkanes of at least 4 members (excludes halogenated alkanes) is 2. The van der Waals surface area contributed by atoms with Crippen molar-refractivity contribution >= 4 is 12.0 Å². The second kappa shape index (κ2) is 9.71. The first-order valence-electron chi connectivity index (χ1n) is 7.85. The lowest BCUT2D eigenvalue weighted by atomic mass is 10.1. The molecule has 1 aromatic rings. The van der Waals surface area contributed by atoms with Gasteiger partial charge in [0.15, 0.2) is 6.73 Å². The van der Waals surface area contributed by atoms with Crippen LogP contribution in [-0.4, -0.2) is 30.4 Å². The minimum Gasteiger partial charge on any atom is -0.481 e. The fraction of sp³-hybridized carbons (Fsp3) is 0.529. The van der Waals surface area contributed by atoms with Crippen molar-refractivity contribution in [2.75, 3.05) is 13.3 Å². The van der Waals surface area contributed by atoms with Crippen LogP contribution < -0.4 is 15.4 Å². The lowest BCUT2D eigenvalue weighted by Gasteiger charge is -2.14. The summed E-state index contributed by atoms with van der Waals surface area (Å²) in [7, 11) is 0. The van der Waals surface area contributed by atoms with Crippen LogP contribution in [0.25, 0.3) is 0 Å². The molecule has 0 aromatic heterocycles. The maximum absolute atomic E-state index is 11.6. The summed E-state index contributed by atoms with van der Waals surface area (Å²) in [6.07, 6.45) is 2.35. The summed E-state index contributed by atoms with van der Waals surface area (Å²) in [5.41, 5.74) is 3.26. The van der Waals surface area contributed by atoms with E-state index in [1.807, 2.05) is 32.9 Å². The highest BCUT2D eigenvalue weighted by Crippen LogP contribution is 2.25. The van der Waals surface area contributed by atoms with Crippen molar-refractivity contribution in [2.24, 2.45) is 0 Å². The number of rotatable bonds is 9. The number of carboxylic acids is 1. The summed E-state index contributed by atoms with van der Waals surface area (Å²) in [4.78, 5) is 22.0. The molecular formula is C17H26N2O4. The van der Waals surface area contributed by atoms with Crippen LogP contribution in [0.1, 0.15) is 42.4 Å². The maximum Gasteiger partial charge on any atom is 0.317 e. The molecule has 6 heteroatoms. The van der Waals surface area contributed by atoms with E-state index in [0.29, 0.717) is 13.0 Å². The van der Waals surface area contributed by atoms with Gasteiger partial charge in [-0.05, 0) is 50.3 Å². The third-order valence-electron chi connectivity index (χ3n) is 3.68. The Morgan fingerprint density at radius 3 is 2.43 bits per heavy atom. The van der Waals surface area contributed by atoms with Gasteiger partial charge in [0.1, 0.15) is 5.75 Å². The molecule has 0 atom stereocenters. The van der Waals surface area contributed by atoms with Gasteiger partial charge in [-0.2, -0.15) is 0 Å². The Morgan fingerprint density at radius 2 is 1.74 bits per heavy atom. The van der Waals surface area contributed by atoms with Gasteiger partial charge in [0.05, 0.1) is 0 Å². The summed E-state index contributed by atoms with van der Waals surface area (Å²) in [6.45, 7) is 6.61. The van der Waals surface area contributed by atoms with Gasteiger partial charge in [-0.25, -0.2) is 4.79 Å². The second-order valence-electron chi connectivity index (χ2n) is 5.58. The van der Waals surface area contributed by atoms with Crippen molar-refractivity contribution in [3.05, 3.63) is 28.8 Å². The zero-order valence-corrected chi connectivity index (χ0v) is 14.1. The Balaban J connectivity index is 2.20. The SMILES string of the molecule is Cc1ccc(C)c(OCNC(=O)NCCCCCC(=O)O)c1C. The van der Waals surface area contributed by atoms with Crippen molar-refractivity contribution in [3.8, 4) is 5.75 Å². The first kappa shape index (κ1) is 18.8. The molecule has 0 unspecified atom stereocenters. The van der Waals surface area contributed by atoms with Crippen LogP contribution in [0.2, 0.25) is 0 Å². The van der Waals surface area contributed by atoms with Crippen molar-refractivity contribution in [3.63, 3.8) is 0 Å². The van der Waals surface area contributed by atoms with Crippen molar-refractivity contribution in [2.45, 2.75) is 46.5 Å².